The van der Waals surface area contributed by atoms with E-state index in [2.05, 4.69) is 20.0 Å². The smallest absolute Gasteiger partial charge is 0.341 e. The summed E-state index contributed by atoms with van der Waals surface area (Å²) in [6, 6.07) is 18.5. The minimum Gasteiger partial charge on any atom is -0.477 e. The van der Waals surface area contributed by atoms with E-state index in [1.807, 2.05) is 47.4 Å². The van der Waals surface area contributed by atoms with Gasteiger partial charge in [-0.3, -0.25) is 4.79 Å². The summed E-state index contributed by atoms with van der Waals surface area (Å²) >= 11 is 0. The molecule has 0 radical (unpaired) electrons. The fourth-order valence-corrected chi connectivity index (χ4v) is 4.86. The predicted molar refractivity (Wildman–Crippen MR) is 144 cm³/mol. The number of carbonyl (C=O) groups is 1. The van der Waals surface area contributed by atoms with E-state index < -0.39 is 22.8 Å². The number of fused-ring (bicyclic) bond motifs is 1. The Morgan fingerprint density at radius 1 is 0.949 bits per heavy atom. The SMILES string of the molecule is O=C(O)c1cn(-c2ccc(Cn3cncn3)cc2)c2nc(N3CCN(c4ccccc4)CC3)c(F)cc2c1=O. The van der Waals surface area contributed by atoms with Gasteiger partial charge in [0.2, 0.25) is 5.43 Å². The largest absolute Gasteiger partial charge is 0.477 e. The van der Waals surface area contributed by atoms with E-state index in [4.69, 9.17) is 0 Å². The molecule has 0 spiro atoms. The van der Waals surface area contributed by atoms with E-state index in [-0.39, 0.29) is 16.9 Å². The number of hydrogen-bond donors (Lipinski definition) is 1. The number of nitrogens with zero attached hydrogens (tertiary/aromatic N) is 7. The second kappa shape index (κ2) is 10.0. The maximum Gasteiger partial charge on any atom is 0.341 e. The first-order valence-electron chi connectivity index (χ1n) is 12.4. The van der Waals surface area contributed by atoms with Gasteiger partial charge in [0.05, 0.1) is 11.9 Å². The third kappa shape index (κ3) is 4.70. The van der Waals surface area contributed by atoms with Crippen LogP contribution in [0, 0.1) is 5.82 Å². The molecule has 0 atom stereocenters. The number of aromatic carboxylic acids is 1. The molecule has 1 aliphatic rings. The quantitative estimate of drug-likeness (QED) is 0.360. The summed E-state index contributed by atoms with van der Waals surface area (Å²) in [5.41, 5.74) is 1.60. The lowest BCUT2D eigenvalue weighted by Crippen LogP contribution is -2.47. The van der Waals surface area contributed by atoms with Crippen molar-refractivity contribution >= 4 is 28.5 Å². The Kier molecular flexibility index (Phi) is 6.23. The molecule has 4 heterocycles. The van der Waals surface area contributed by atoms with Gasteiger partial charge in [-0.1, -0.05) is 30.3 Å². The average molecular weight is 526 g/mol. The zero-order chi connectivity index (χ0) is 26.9. The van der Waals surface area contributed by atoms with Gasteiger partial charge in [0.15, 0.2) is 17.3 Å². The van der Waals surface area contributed by atoms with Crippen LogP contribution in [0.1, 0.15) is 15.9 Å². The molecule has 0 aliphatic carbocycles. The summed E-state index contributed by atoms with van der Waals surface area (Å²) in [5.74, 6) is -1.92. The minimum atomic E-state index is -1.39. The van der Waals surface area contributed by atoms with Crippen molar-refractivity contribution in [2.45, 2.75) is 6.54 Å². The summed E-state index contributed by atoms with van der Waals surface area (Å²) in [4.78, 5) is 37.5. The van der Waals surface area contributed by atoms with Gasteiger partial charge in [0.25, 0.3) is 0 Å². The van der Waals surface area contributed by atoms with Gasteiger partial charge in [0, 0.05) is 43.8 Å². The van der Waals surface area contributed by atoms with Crippen LogP contribution in [-0.2, 0) is 6.54 Å². The summed E-state index contributed by atoms with van der Waals surface area (Å²) in [7, 11) is 0. The number of carboxylic acids is 1. The Morgan fingerprint density at radius 2 is 1.67 bits per heavy atom. The van der Waals surface area contributed by atoms with Crippen LogP contribution in [-0.4, -0.2) is 61.6 Å². The molecule has 1 fully saturated rings. The lowest BCUT2D eigenvalue weighted by molar-refractivity contribution is 0.0695. The first-order valence-corrected chi connectivity index (χ1v) is 12.4. The first kappa shape index (κ1) is 24.3. The molecule has 10 nitrogen and oxygen atoms in total. The van der Waals surface area contributed by atoms with E-state index in [0.717, 1.165) is 17.3 Å². The first-order chi connectivity index (χ1) is 19.0. The molecule has 11 heteroatoms. The number of carboxylic acid groups (broad SMARTS) is 1. The van der Waals surface area contributed by atoms with E-state index in [1.54, 1.807) is 23.1 Å². The monoisotopic (exact) mass is 525 g/mol. The van der Waals surface area contributed by atoms with Gasteiger partial charge < -0.3 is 19.5 Å². The number of pyridine rings is 2. The molecular formula is C28H24FN7O3. The van der Waals surface area contributed by atoms with Crippen LogP contribution in [0.5, 0.6) is 0 Å². The molecule has 0 unspecified atom stereocenters. The van der Waals surface area contributed by atoms with E-state index in [0.29, 0.717) is 38.4 Å². The third-order valence-corrected chi connectivity index (χ3v) is 6.87. The summed E-state index contributed by atoms with van der Waals surface area (Å²) in [6.07, 6.45) is 4.32. The van der Waals surface area contributed by atoms with Gasteiger partial charge in [-0.15, -0.1) is 0 Å². The lowest BCUT2D eigenvalue weighted by atomic mass is 10.1. The van der Waals surface area contributed by atoms with Gasteiger partial charge in [-0.05, 0) is 35.9 Å². The fraction of sp³-hybridized carbons (Fsp3) is 0.179. The molecule has 39 heavy (non-hydrogen) atoms. The molecule has 3 aromatic heterocycles. The number of piperazine rings is 1. The van der Waals surface area contributed by atoms with Crippen LogP contribution < -0.4 is 15.2 Å². The molecule has 6 rings (SSSR count). The molecular weight excluding hydrogens is 501 g/mol. The second-order valence-electron chi connectivity index (χ2n) is 9.28. The Balaban J connectivity index is 1.38. The van der Waals surface area contributed by atoms with E-state index >= 15 is 4.39 Å². The highest BCUT2D eigenvalue weighted by Crippen LogP contribution is 2.26. The third-order valence-electron chi connectivity index (χ3n) is 6.87. The topological polar surface area (TPSA) is 109 Å². The standard InChI is InChI=1S/C28H24FN7O3/c29-24-14-22-25(37)23(28(38)39)16-36(21-8-6-19(7-9-21)15-35-18-30-17-31-35)26(22)32-27(24)34-12-10-33(11-13-34)20-4-2-1-3-5-20/h1-9,14,16-18H,10-13,15H2,(H,38,39). The minimum absolute atomic E-state index is 0.0919. The van der Waals surface area contributed by atoms with Crippen molar-refractivity contribution in [1.82, 2.24) is 24.3 Å². The summed E-state index contributed by atoms with van der Waals surface area (Å²) < 4.78 is 18.6. The number of rotatable bonds is 6. The van der Waals surface area contributed by atoms with Crippen LogP contribution in [0.4, 0.5) is 15.9 Å². The molecule has 0 saturated carbocycles. The molecule has 1 aliphatic heterocycles. The Labute approximate surface area is 222 Å². The fourth-order valence-electron chi connectivity index (χ4n) is 4.86. The van der Waals surface area contributed by atoms with Crippen LogP contribution >= 0.6 is 0 Å². The molecule has 0 amide bonds. The van der Waals surface area contributed by atoms with Crippen molar-refractivity contribution in [3.8, 4) is 5.69 Å². The van der Waals surface area contributed by atoms with Crippen LogP contribution in [0.3, 0.4) is 0 Å². The molecule has 1 N–H and O–H groups in total. The van der Waals surface area contributed by atoms with Crippen LogP contribution in [0.2, 0.25) is 0 Å². The zero-order valence-electron chi connectivity index (χ0n) is 20.8. The number of para-hydroxylation sites is 1. The lowest BCUT2D eigenvalue weighted by Gasteiger charge is -2.36. The van der Waals surface area contributed by atoms with Crippen LogP contribution in [0.15, 0.2) is 84.3 Å². The second-order valence-corrected chi connectivity index (χ2v) is 9.28. The molecule has 1 saturated heterocycles. The normalized spacial score (nSPS) is 13.7. The Morgan fingerprint density at radius 3 is 2.33 bits per heavy atom. The molecule has 196 valence electrons. The number of benzene rings is 2. The van der Waals surface area contributed by atoms with Crippen molar-refractivity contribution in [3.63, 3.8) is 0 Å². The number of halogens is 1. The highest BCUT2D eigenvalue weighted by Gasteiger charge is 2.24. The Hall–Kier alpha value is -5.06. The van der Waals surface area contributed by atoms with E-state index in [1.165, 1.54) is 17.1 Å². The van der Waals surface area contributed by atoms with Crippen molar-refractivity contribution < 1.29 is 14.3 Å². The van der Waals surface area contributed by atoms with Gasteiger partial charge in [0.1, 0.15) is 18.2 Å². The van der Waals surface area contributed by atoms with Gasteiger partial charge >= 0.3 is 5.97 Å². The zero-order valence-corrected chi connectivity index (χ0v) is 20.8. The average Bonchev–Trinajstić information content (AvgIpc) is 3.47. The van der Waals surface area contributed by atoms with Crippen molar-refractivity contribution in [3.05, 3.63) is 107 Å². The van der Waals surface area contributed by atoms with Gasteiger partial charge in [-0.25, -0.2) is 23.8 Å². The van der Waals surface area contributed by atoms with Crippen molar-refractivity contribution in [1.29, 1.82) is 0 Å². The number of hydrogen-bond acceptors (Lipinski definition) is 7. The van der Waals surface area contributed by atoms with Crippen LogP contribution in [0.25, 0.3) is 16.7 Å². The predicted octanol–water partition coefficient (Wildman–Crippen LogP) is 3.19. The van der Waals surface area contributed by atoms with Gasteiger partial charge in [-0.2, -0.15) is 5.10 Å². The molecule has 2 aromatic carbocycles. The van der Waals surface area contributed by atoms with Crippen molar-refractivity contribution in [2.24, 2.45) is 0 Å². The number of anilines is 2. The van der Waals surface area contributed by atoms with E-state index in [9.17, 15) is 14.7 Å². The highest BCUT2D eigenvalue weighted by molar-refractivity contribution is 5.92. The molecule has 0 bridgehead atoms. The summed E-state index contributed by atoms with van der Waals surface area (Å²) in [6.45, 7) is 2.95. The highest BCUT2D eigenvalue weighted by atomic mass is 19.1. The summed E-state index contributed by atoms with van der Waals surface area (Å²) in [5, 5.41) is 13.7. The van der Waals surface area contributed by atoms with Crippen molar-refractivity contribution in [2.75, 3.05) is 36.0 Å². The maximum absolute atomic E-state index is 15.4. The molecule has 5 aromatic rings. The maximum atomic E-state index is 15.4. The number of aromatic nitrogens is 5. The Bertz CT molecular complexity index is 1700.